The summed E-state index contributed by atoms with van der Waals surface area (Å²) in [5.41, 5.74) is 1.35. The molecule has 0 unspecified atom stereocenters. The van der Waals surface area contributed by atoms with Crippen LogP contribution in [0.15, 0.2) is 48.5 Å². The van der Waals surface area contributed by atoms with Crippen molar-refractivity contribution < 1.29 is 14.6 Å². The lowest BCUT2D eigenvalue weighted by Gasteiger charge is -2.10. The molecule has 2 N–H and O–H groups in total. The van der Waals surface area contributed by atoms with Gasteiger partial charge >= 0.3 is 0 Å². The smallest absolute Gasteiger partial charge is 0.262 e. The van der Waals surface area contributed by atoms with Crippen LogP contribution in [0.4, 0.5) is 5.69 Å². The molecule has 0 aliphatic rings. The van der Waals surface area contributed by atoms with Crippen molar-refractivity contribution in [3.8, 4) is 11.5 Å². The molecule has 2 aromatic rings. The third-order valence-corrected chi connectivity index (χ3v) is 2.67. The average Bonchev–Trinajstić information content (AvgIpc) is 2.42. The van der Waals surface area contributed by atoms with E-state index in [9.17, 15) is 9.90 Å². The first kappa shape index (κ1) is 13.0. The van der Waals surface area contributed by atoms with Gasteiger partial charge in [0.15, 0.2) is 6.61 Å². The van der Waals surface area contributed by atoms with Gasteiger partial charge in [-0.25, -0.2) is 0 Å². The van der Waals surface area contributed by atoms with Crippen LogP contribution in [0.25, 0.3) is 0 Å². The Labute approximate surface area is 111 Å². The molecule has 2 rings (SSSR count). The summed E-state index contributed by atoms with van der Waals surface area (Å²) in [6, 6.07) is 14.1. The number of hydrogen-bond acceptors (Lipinski definition) is 3. The number of phenolic OH excluding ortho intramolecular Hbond substituents is 1. The number of para-hydroxylation sites is 1. The van der Waals surface area contributed by atoms with Crippen molar-refractivity contribution >= 4 is 11.6 Å². The van der Waals surface area contributed by atoms with Crippen molar-refractivity contribution in [3.05, 3.63) is 54.1 Å². The lowest BCUT2D eigenvalue weighted by molar-refractivity contribution is -0.118. The Morgan fingerprint density at radius 3 is 2.63 bits per heavy atom. The molecule has 0 saturated carbocycles. The van der Waals surface area contributed by atoms with Crippen molar-refractivity contribution in [2.24, 2.45) is 0 Å². The van der Waals surface area contributed by atoms with E-state index in [0.717, 1.165) is 5.69 Å². The average molecular weight is 257 g/mol. The number of anilines is 1. The van der Waals surface area contributed by atoms with Gasteiger partial charge in [-0.1, -0.05) is 24.3 Å². The number of carbonyl (C=O) groups excluding carboxylic acids is 1. The highest BCUT2D eigenvalue weighted by Gasteiger charge is 2.07. The molecule has 98 valence electrons. The minimum absolute atomic E-state index is 0.0980. The van der Waals surface area contributed by atoms with Gasteiger partial charge in [0, 0.05) is 11.3 Å². The Bertz CT molecular complexity index is 567. The van der Waals surface area contributed by atoms with Crippen LogP contribution in [0.5, 0.6) is 11.5 Å². The van der Waals surface area contributed by atoms with Crippen molar-refractivity contribution in [1.29, 1.82) is 0 Å². The second-order valence-corrected chi connectivity index (χ2v) is 4.10. The van der Waals surface area contributed by atoms with Crippen LogP contribution in [0.3, 0.4) is 0 Å². The largest absolute Gasteiger partial charge is 0.508 e. The highest BCUT2D eigenvalue weighted by molar-refractivity contribution is 5.91. The van der Waals surface area contributed by atoms with Gasteiger partial charge in [0.25, 0.3) is 5.91 Å². The molecule has 0 fully saturated rings. The Balaban J connectivity index is 1.92. The first-order chi connectivity index (χ1) is 9.16. The molecule has 1 amide bonds. The van der Waals surface area contributed by atoms with Crippen LogP contribution in [0, 0.1) is 6.92 Å². The van der Waals surface area contributed by atoms with Crippen molar-refractivity contribution in [1.82, 2.24) is 0 Å². The number of benzene rings is 2. The molecular formula is C15H15NO3. The topological polar surface area (TPSA) is 58.6 Å². The third-order valence-electron chi connectivity index (χ3n) is 2.67. The summed E-state index contributed by atoms with van der Waals surface area (Å²) in [7, 11) is 0. The van der Waals surface area contributed by atoms with Crippen LogP contribution in [0.1, 0.15) is 5.56 Å². The minimum Gasteiger partial charge on any atom is -0.508 e. The standard InChI is InChI=1S/C15H15NO3/c1-11-13(17)8-5-9-14(11)19-10-15(18)16-12-6-3-2-4-7-12/h2-9,17H,10H2,1H3,(H,16,18). The Hall–Kier alpha value is -2.49. The van der Waals surface area contributed by atoms with Gasteiger partial charge in [0.05, 0.1) is 0 Å². The van der Waals surface area contributed by atoms with Crippen molar-refractivity contribution in [2.45, 2.75) is 6.92 Å². The zero-order valence-corrected chi connectivity index (χ0v) is 10.6. The van der Waals surface area contributed by atoms with Crippen molar-refractivity contribution in [2.75, 3.05) is 11.9 Å². The molecule has 0 atom stereocenters. The lowest BCUT2D eigenvalue weighted by Crippen LogP contribution is -2.20. The maximum Gasteiger partial charge on any atom is 0.262 e. The molecule has 4 nitrogen and oxygen atoms in total. The molecule has 0 saturated heterocycles. The number of phenols is 1. The quantitative estimate of drug-likeness (QED) is 0.885. The number of rotatable bonds is 4. The molecule has 0 bridgehead atoms. The highest BCUT2D eigenvalue weighted by atomic mass is 16.5. The Morgan fingerprint density at radius 2 is 1.89 bits per heavy atom. The van der Waals surface area contributed by atoms with Crippen molar-refractivity contribution in [3.63, 3.8) is 0 Å². The number of aromatic hydroxyl groups is 1. The molecule has 0 aromatic heterocycles. The summed E-state index contributed by atoms with van der Waals surface area (Å²) in [5, 5.41) is 12.2. The summed E-state index contributed by atoms with van der Waals surface area (Å²) in [6.07, 6.45) is 0. The van der Waals surface area contributed by atoms with E-state index in [1.165, 1.54) is 0 Å². The van der Waals surface area contributed by atoms with Crippen LogP contribution in [-0.4, -0.2) is 17.6 Å². The van der Waals surface area contributed by atoms with Gasteiger partial charge in [-0.05, 0) is 31.2 Å². The summed E-state index contributed by atoms with van der Waals surface area (Å²) in [5.74, 6) is 0.415. The molecule has 0 aliphatic carbocycles. The second kappa shape index (κ2) is 5.91. The maximum atomic E-state index is 11.7. The number of ether oxygens (including phenoxy) is 1. The first-order valence-corrected chi connectivity index (χ1v) is 5.93. The minimum atomic E-state index is -0.242. The Kier molecular flexibility index (Phi) is 4.03. The predicted octanol–water partition coefficient (Wildman–Crippen LogP) is 2.72. The molecule has 0 heterocycles. The lowest BCUT2D eigenvalue weighted by atomic mass is 10.2. The normalized spacial score (nSPS) is 9.95. The SMILES string of the molecule is Cc1c(O)cccc1OCC(=O)Nc1ccccc1. The van der Waals surface area contributed by atoms with E-state index in [1.54, 1.807) is 37.3 Å². The Morgan fingerprint density at radius 1 is 1.16 bits per heavy atom. The van der Waals surface area contributed by atoms with E-state index in [1.807, 2.05) is 18.2 Å². The van der Waals surface area contributed by atoms with E-state index in [2.05, 4.69) is 5.32 Å². The number of hydrogen-bond donors (Lipinski definition) is 2. The zero-order chi connectivity index (χ0) is 13.7. The molecule has 2 aromatic carbocycles. The summed E-state index contributed by atoms with van der Waals surface area (Å²) in [4.78, 5) is 11.7. The van der Waals surface area contributed by atoms with Gasteiger partial charge in [0.2, 0.25) is 0 Å². The number of carbonyl (C=O) groups is 1. The van der Waals surface area contributed by atoms with E-state index in [-0.39, 0.29) is 18.3 Å². The number of amides is 1. The zero-order valence-electron chi connectivity index (χ0n) is 10.6. The monoisotopic (exact) mass is 257 g/mol. The van der Waals surface area contributed by atoms with Gasteiger partial charge in [-0.15, -0.1) is 0 Å². The van der Waals surface area contributed by atoms with E-state index >= 15 is 0 Å². The molecule has 19 heavy (non-hydrogen) atoms. The van der Waals surface area contributed by atoms with E-state index in [0.29, 0.717) is 11.3 Å². The first-order valence-electron chi connectivity index (χ1n) is 5.93. The molecule has 4 heteroatoms. The van der Waals surface area contributed by atoms with Gasteiger partial charge in [-0.3, -0.25) is 4.79 Å². The fourth-order valence-electron chi connectivity index (χ4n) is 1.62. The second-order valence-electron chi connectivity index (χ2n) is 4.10. The van der Waals surface area contributed by atoms with Gasteiger partial charge in [0.1, 0.15) is 11.5 Å². The molecule has 0 aliphatic heterocycles. The summed E-state index contributed by atoms with van der Waals surface area (Å²) >= 11 is 0. The molecule has 0 spiro atoms. The predicted molar refractivity (Wildman–Crippen MR) is 73.4 cm³/mol. The molecule has 0 radical (unpaired) electrons. The van der Waals surface area contributed by atoms with E-state index < -0.39 is 0 Å². The van der Waals surface area contributed by atoms with Crippen LogP contribution in [0.2, 0.25) is 0 Å². The van der Waals surface area contributed by atoms with Crippen LogP contribution < -0.4 is 10.1 Å². The fourth-order valence-corrected chi connectivity index (χ4v) is 1.62. The highest BCUT2D eigenvalue weighted by Crippen LogP contribution is 2.25. The van der Waals surface area contributed by atoms with Gasteiger partial charge < -0.3 is 15.2 Å². The molecular weight excluding hydrogens is 242 g/mol. The van der Waals surface area contributed by atoms with Crippen LogP contribution in [-0.2, 0) is 4.79 Å². The van der Waals surface area contributed by atoms with E-state index in [4.69, 9.17) is 4.74 Å². The third kappa shape index (κ3) is 3.48. The maximum absolute atomic E-state index is 11.7. The van der Waals surface area contributed by atoms with Crippen LogP contribution >= 0.6 is 0 Å². The van der Waals surface area contributed by atoms with Gasteiger partial charge in [-0.2, -0.15) is 0 Å². The summed E-state index contributed by atoms with van der Waals surface area (Å²) < 4.78 is 5.38. The number of nitrogens with one attached hydrogen (secondary N) is 1. The fraction of sp³-hybridized carbons (Fsp3) is 0.133. The summed E-state index contributed by atoms with van der Waals surface area (Å²) in [6.45, 7) is 1.64.